The lowest BCUT2D eigenvalue weighted by atomic mass is 9.95. The second kappa shape index (κ2) is 14.4. The van der Waals surface area contributed by atoms with Crippen molar-refractivity contribution >= 4 is 45.2 Å². The van der Waals surface area contributed by atoms with Crippen molar-refractivity contribution in [3.05, 3.63) is 98.1 Å². The van der Waals surface area contributed by atoms with Gasteiger partial charge >= 0.3 is 0 Å². The highest BCUT2D eigenvalue weighted by molar-refractivity contribution is 7.10. The molecular weight excluding hydrogens is 690 g/mol. The molecule has 0 radical (unpaired) electrons. The van der Waals surface area contributed by atoms with E-state index in [-0.39, 0.29) is 17.6 Å². The van der Waals surface area contributed by atoms with E-state index in [0.717, 1.165) is 81.0 Å². The van der Waals surface area contributed by atoms with Crippen LogP contribution in [-0.4, -0.2) is 74.2 Å². The number of aromatic nitrogens is 4. The van der Waals surface area contributed by atoms with E-state index in [1.54, 1.807) is 6.20 Å². The molecule has 0 unspecified atom stereocenters. The number of hydrogen-bond donors (Lipinski definition) is 2. The Hall–Kier alpha value is -4.05. The van der Waals surface area contributed by atoms with Crippen molar-refractivity contribution < 1.29 is 4.74 Å². The van der Waals surface area contributed by atoms with Crippen LogP contribution in [0.15, 0.2) is 60.2 Å². The molecule has 0 amide bonds. The van der Waals surface area contributed by atoms with Crippen LogP contribution in [0.2, 0.25) is 5.02 Å². The lowest BCUT2D eigenvalue weighted by molar-refractivity contribution is -0.0691. The maximum absolute atomic E-state index is 10.2. The molecule has 0 spiro atoms. The van der Waals surface area contributed by atoms with E-state index in [0.29, 0.717) is 33.9 Å². The van der Waals surface area contributed by atoms with Gasteiger partial charge in [0.25, 0.3) is 0 Å². The number of hydrogen-bond acceptors (Lipinski definition) is 10. The number of benzene rings is 2. The third-order valence-corrected chi connectivity index (χ3v) is 12.4. The number of nitrogens with one attached hydrogen (secondary N) is 2. The van der Waals surface area contributed by atoms with Gasteiger partial charge in [0, 0.05) is 59.9 Å². The Kier molecular flexibility index (Phi) is 9.70. The predicted octanol–water partition coefficient (Wildman–Crippen LogP) is 7.98. The van der Waals surface area contributed by atoms with Crippen LogP contribution in [0, 0.1) is 11.3 Å². The van der Waals surface area contributed by atoms with Gasteiger partial charge in [-0.3, -0.25) is 14.8 Å². The molecule has 12 heteroatoms. The van der Waals surface area contributed by atoms with E-state index in [2.05, 4.69) is 93.6 Å². The summed E-state index contributed by atoms with van der Waals surface area (Å²) < 4.78 is 7.61. The molecule has 52 heavy (non-hydrogen) atoms. The molecule has 6 heterocycles. The van der Waals surface area contributed by atoms with Crippen LogP contribution < -0.4 is 10.6 Å². The highest BCUT2D eigenvalue weighted by Gasteiger charge is 2.34. The molecule has 10 nitrogen and oxygen atoms in total. The first kappa shape index (κ1) is 35.0. The van der Waals surface area contributed by atoms with E-state index in [4.69, 9.17) is 26.6 Å². The first-order valence-electron chi connectivity index (χ1n) is 18.3. The number of pyridine rings is 1. The number of thiophene rings is 1. The Labute approximate surface area is 314 Å². The number of nitriles is 1. The van der Waals surface area contributed by atoms with E-state index in [1.165, 1.54) is 16.0 Å². The van der Waals surface area contributed by atoms with Crippen LogP contribution in [0.5, 0.6) is 0 Å². The molecule has 0 bridgehead atoms. The summed E-state index contributed by atoms with van der Waals surface area (Å²) >= 11 is 8.84. The van der Waals surface area contributed by atoms with Gasteiger partial charge < -0.3 is 15.4 Å². The Morgan fingerprint density at radius 1 is 1.06 bits per heavy atom. The summed E-state index contributed by atoms with van der Waals surface area (Å²) in [6, 6.07) is 17.1. The topological polar surface area (TPSA) is 107 Å². The van der Waals surface area contributed by atoms with Gasteiger partial charge in [0.05, 0.1) is 59.3 Å². The first-order chi connectivity index (χ1) is 25.2. The summed E-state index contributed by atoms with van der Waals surface area (Å²) in [5.74, 6) is 0. The smallest absolute Gasteiger partial charge is 0.110 e. The van der Waals surface area contributed by atoms with Gasteiger partial charge in [-0.1, -0.05) is 47.1 Å². The number of nitrogens with zero attached hydrogens (tertiary/aromatic N) is 7. The fraction of sp³-hybridized carbons (Fsp3) is 0.450. The highest BCUT2D eigenvalue weighted by atomic mass is 35.5. The molecule has 3 aliphatic rings. The molecule has 270 valence electrons. The van der Waals surface area contributed by atoms with Crippen molar-refractivity contribution in [1.82, 2.24) is 29.8 Å². The van der Waals surface area contributed by atoms with Crippen LogP contribution >= 0.6 is 22.9 Å². The fourth-order valence-corrected chi connectivity index (χ4v) is 9.28. The zero-order valence-electron chi connectivity index (χ0n) is 30.3. The highest BCUT2D eigenvalue weighted by Crippen LogP contribution is 2.40. The minimum Gasteiger partial charge on any atom is -0.378 e. The molecule has 0 aliphatic carbocycles. The van der Waals surface area contributed by atoms with Crippen molar-refractivity contribution in [2.24, 2.45) is 0 Å². The first-order valence-corrected chi connectivity index (χ1v) is 19.6. The number of anilines is 2. The van der Waals surface area contributed by atoms with Gasteiger partial charge in [0.1, 0.15) is 11.8 Å². The lowest BCUT2D eigenvalue weighted by Gasteiger charge is -2.40. The molecule has 2 aromatic carbocycles. The van der Waals surface area contributed by atoms with E-state index >= 15 is 0 Å². The third kappa shape index (κ3) is 6.91. The standard InChI is InChI=1S/C40H46ClN9OS/c1-25(26-8-6-5-7-9-26)44-37-27(18-42)19-43-38-32(37)16-28(17-34(38)41)45-39(33-24-52-36-21-48(13-12-31(33)36)30-22-51-23-30)35-20-50(47-46-35)29-10-14-49(15-11-29)40(2,3)4/h5-9,16-17,19-20,24-25,29-30,39,45H,10-15,21-23H2,1-4H3,(H,43,44)/t25-,39+/m1/s1. The quantitative estimate of drug-likeness (QED) is 0.156. The number of halogens is 1. The minimum atomic E-state index is -0.248. The van der Waals surface area contributed by atoms with Gasteiger partial charge in [-0.05, 0) is 81.2 Å². The summed E-state index contributed by atoms with van der Waals surface area (Å²) in [5.41, 5.74) is 7.44. The molecule has 2 atom stereocenters. The Morgan fingerprint density at radius 3 is 2.56 bits per heavy atom. The molecular formula is C40H46ClN9OS. The molecule has 5 aromatic rings. The van der Waals surface area contributed by atoms with Crippen LogP contribution in [0.1, 0.15) is 91.5 Å². The van der Waals surface area contributed by atoms with Crippen LogP contribution in [0.4, 0.5) is 11.4 Å². The lowest BCUT2D eigenvalue weighted by Crippen LogP contribution is -2.50. The summed E-state index contributed by atoms with van der Waals surface area (Å²) in [7, 11) is 0. The van der Waals surface area contributed by atoms with Gasteiger partial charge in [-0.2, -0.15) is 5.26 Å². The fourth-order valence-electron chi connectivity index (χ4n) is 7.87. The average molecular weight is 736 g/mol. The maximum atomic E-state index is 10.2. The molecule has 2 N–H and O–H groups in total. The number of fused-ring (bicyclic) bond motifs is 2. The van der Waals surface area contributed by atoms with Crippen LogP contribution in [-0.2, 0) is 17.7 Å². The number of piperidine rings is 1. The molecule has 8 rings (SSSR count). The number of rotatable bonds is 9. The summed E-state index contributed by atoms with van der Waals surface area (Å²) in [4.78, 5) is 11.1. The number of likely N-dealkylation sites (tertiary alicyclic amines) is 1. The molecule has 0 saturated carbocycles. The Bertz CT molecular complexity index is 2090. The maximum Gasteiger partial charge on any atom is 0.110 e. The zero-order valence-corrected chi connectivity index (χ0v) is 31.8. The van der Waals surface area contributed by atoms with Crippen LogP contribution in [0.3, 0.4) is 0 Å². The molecule has 2 saturated heterocycles. The normalized spacial score (nSPS) is 18.8. The molecule has 3 aromatic heterocycles. The van der Waals surface area contributed by atoms with E-state index in [9.17, 15) is 5.26 Å². The third-order valence-electron chi connectivity index (χ3n) is 11.1. The van der Waals surface area contributed by atoms with Gasteiger partial charge in [-0.25, -0.2) is 4.68 Å². The van der Waals surface area contributed by atoms with Crippen molar-refractivity contribution in [3.8, 4) is 6.07 Å². The molecule has 3 aliphatic heterocycles. The summed E-state index contributed by atoms with van der Waals surface area (Å²) in [5, 5.41) is 30.8. The second-order valence-electron chi connectivity index (χ2n) is 15.4. The monoisotopic (exact) mass is 735 g/mol. The van der Waals surface area contributed by atoms with Crippen LogP contribution in [0.25, 0.3) is 10.9 Å². The van der Waals surface area contributed by atoms with Crippen molar-refractivity contribution in [1.29, 1.82) is 5.26 Å². The van der Waals surface area contributed by atoms with Crippen molar-refractivity contribution in [3.63, 3.8) is 0 Å². The predicted molar refractivity (Wildman–Crippen MR) is 208 cm³/mol. The summed E-state index contributed by atoms with van der Waals surface area (Å²) in [6.45, 7) is 14.6. The largest absolute Gasteiger partial charge is 0.378 e. The Morgan fingerprint density at radius 2 is 1.85 bits per heavy atom. The van der Waals surface area contributed by atoms with Gasteiger partial charge in [-0.15, -0.1) is 16.4 Å². The Balaban J connectivity index is 1.15. The minimum absolute atomic E-state index is 0.0456. The van der Waals surface area contributed by atoms with Crippen molar-refractivity contribution in [2.75, 3.05) is 43.5 Å². The molecule has 2 fully saturated rings. The number of ether oxygens (including phenoxy) is 1. The van der Waals surface area contributed by atoms with E-state index < -0.39 is 0 Å². The van der Waals surface area contributed by atoms with E-state index in [1.807, 2.05) is 35.6 Å². The van der Waals surface area contributed by atoms with Crippen molar-refractivity contribution in [2.45, 2.75) is 83.2 Å². The van der Waals surface area contributed by atoms with Gasteiger partial charge in [0.2, 0.25) is 0 Å². The summed E-state index contributed by atoms with van der Waals surface area (Å²) in [6.07, 6.45) is 6.80. The SMILES string of the molecule is C[C@@H](Nc1c(C#N)cnc2c(Cl)cc(N[C@H](c3cn(C4CCN(C(C)(C)C)CC4)nn3)c3csc4c3CCN(C3COC3)C4)cc12)c1ccccc1. The second-order valence-corrected chi connectivity index (χ2v) is 16.8. The zero-order chi connectivity index (χ0) is 36.0. The average Bonchev–Trinajstić information content (AvgIpc) is 3.78. The van der Waals surface area contributed by atoms with Gasteiger partial charge in [0.15, 0.2) is 0 Å².